The zero-order chi connectivity index (χ0) is 8.81. The van der Waals surface area contributed by atoms with Crippen molar-refractivity contribution in [1.82, 2.24) is 4.98 Å². The van der Waals surface area contributed by atoms with Crippen LogP contribution in [0.3, 0.4) is 0 Å². The molecule has 0 unspecified atom stereocenters. The fourth-order valence-electron chi connectivity index (χ4n) is 0.995. The summed E-state index contributed by atoms with van der Waals surface area (Å²) in [7, 11) is 0. The van der Waals surface area contributed by atoms with Crippen LogP contribution in [0.2, 0.25) is 0 Å². The van der Waals surface area contributed by atoms with Crippen LogP contribution in [-0.2, 0) is 0 Å². The number of aromatic amines is 1. The normalized spacial score (nSPS) is 8.33. The third-order valence-corrected chi connectivity index (χ3v) is 1.46. The summed E-state index contributed by atoms with van der Waals surface area (Å²) in [4.78, 5) is 3.12. The van der Waals surface area contributed by atoms with Gasteiger partial charge >= 0.3 is 0 Å². The summed E-state index contributed by atoms with van der Waals surface area (Å²) < 4.78 is 0. The van der Waals surface area contributed by atoms with Crippen LogP contribution in [-0.4, -0.2) is 4.98 Å². The van der Waals surface area contributed by atoms with Gasteiger partial charge < -0.3 is 4.98 Å². The third kappa shape index (κ3) is 1.86. The molecule has 2 rings (SSSR count). The maximum absolute atomic E-state index is 7.32. The Morgan fingerprint density at radius 1 is 1.25 bits per heavy atom. The highest BCUT2D eigenvalue weighted by Gasteiger charge is 1.86. The van der Waals surface area contributed by atoms with Gasteiger partial charge in [0.2, 0.25) is 0 Å². The van der Waals surface area contributed by atoms with Crippen molar-refractivity contribution >= 4 is 10.9 Å². The second-order valence-electron chi connectivity index (χ2n) is 2.29. The molecule has 0 aliphatic carbocycles. The first-order valence-electron chi connectivity index (χ1n) is 3.71. The van der Waals surface area contributed by atoms with Gasteiger partial charge in [0.05, 0.1) is 6.07 Å². The molecule has 1 aromatic heterocycles. The molecule has 2 aromatic rings. The molecular formula is C10H10N2. The molecule has 0 amide bonds. The summed E-state index contributed by atoms with van der Waals surface area (Å²) in [5.74, 6) is 0. The predicted molar refractivity (Wildman–Crippen MR) is 49.6 cm³/mol. The lowest BCUT2D eigenvalue weighted by atomic mass is 10.3. The number of hydrogen-bond acceptors (Lipinski definition) is 1. The van der Waals surface area contributed by atoms with Gasteiger partial charge in [0.25, 0.3) is 0 Å². The summed E-state index contributed by atoms with van der Waals surface area (Å²) in [6, 6.07) is 12.0. The Morgan fingerprint density at radius 3 is 2.58 bits per heavy atom. The number of nitriles is 1. The minimum absolute atomic E-state index is 1.21. The van der Waals surface area contributed by atoms with E-state index < -0.39 is 0 Å². The zero-order valence-corrected chi connectivity index (χ0v) is 6.91. The van der Waals surface area contributed by atoms with E-state index in [1.54, 1.807) is 6.07 Å². The molecule has 1 heterocycles. The largest absolute Gasteiger partial charge is 0.361 e. The minimum atomic E-state index is 1.21. The van der Waals surface area contributed by atoms with Gasteiger partial charge in [-0.15, -0.1) is 0 Å². The van der Waals surface area contributed by atoms with Crippen LogP contribution in [0.5, 0.6) is 0 Å². The first kappa shape index (κ1) is 8.35. The molecule has 0 bridgehead atoms. The number of nitrogens with zero attached hydrogens (tertiary/aromatic N) is 1. The topological polar surface area (TPSA) is 39.6 Å². The van der Waals surface area contributed by atoms with E-state index in [1.807, 2.05) is 18.3 Å². The molecule has 2 nitrogen and oxygen atoms in total. The quantitative estimate of drug-likeness (QED) is 0.629. The number of H-pyrrole nitrogens is 1. The molecule has 12 heavy (non-hydrogen) atoms. The zero-order valence-electron chi connectivity index (χ0n) is 6.91. The Hall–Kier alpha value is -1.75. The van der Waals surface area contributed by atoms with E-state index in [4.69, 9.17) is 5.26 Å². The van der Waals surface area contributed by atoms with E-state index in [2.05, 4.69) is 23.2 Å². The van der Waals surface area contributed by atoms with E-state index in [-0.39, 0.29) is 0 Å². The number of nitrogens with one attached hydrogen (secondary N) is 1. The SMILES string of the molecule is CC#N.c1ccc2[nH]ccc2c1. The highest BCUT2D eigenvalue weighted by molar-refractivity contribution is 5.78. The minimum Gasteiger partial charge on any atom is -0.361 e. The van der Waals surface area contributed by atoms with Crippen molar-refractivity contribution in [3.63, 3.8) is 0 Å². The van der Waals surface area contributed by atoms with E-state index in [1.165, 1.54) is 17.8 Å². The fourth-order valence-corrected chi connectivity index (χ4v) is 0.995. The molecule has 60 valence electrons. The number of benzene rings is 1. The van der Waals surface area contributed by atoms with Crippen molar-refractivity contribution < 1.29 is 0 Å². The first-order valence-corrected chi connectivity index (χ1v) is 3.71. The molecule has 0 aliphatic rings. The number of fused-ring (bicyclic) bond motifs is 1. The molecule has 0 saturated heterocycles. The summed E-state index contributed by atoms with van der Waals surface area (Å²) in [6.07, 6.45) is 1.95. The van der Waals surface area contributed by atoms with Crippen LogP contribution in [0.25, 0.3) is 10.9 Å². The van der Waals surface area contributed by atoms with Gasteiger partial charge in [-0.2, -0.15) is 5.26 Å². The molecule has 0 aliphatic heterocycles. The highest BCUT2D eigenvalue weighted by Crippen LogP contribution is 2.09. The predicted octanol–water partition coefficient (Wildman–Crippen LogP) is 2.70. The lowest BCUT2D eigenvalue weighted by Crippen LogP contribution is -1.61. The third-order valence-electron chi connectivity index (χ3n) is 1.46. The molecule has 1 aromatic carbocycles. The van der Waals surface area contributed by atoms with Gasteiger partial charge in [-0.1, -0.05) is 18.2 Å². The second-order valence-corrected chi connectivity index (χ2v) is 2.29. The van der Waals surface area contributed by atoms with Crippen LogP contribution in [0, 0.1) is 11.3 Å². The Kier molecular flexibility index (Phi) is 2.92. The van der Waals surface area contributed by atoms with Gasteiger partial charge in [0, 0.05) is 18.6 Å². The van der Waals surface area contributed by atoms with E-state index in [0.29, 0.717) is 0 Å². The lowest BCUT2D eigenvalue weighted by molar-refractivity contribution is 1.48. The Morgan fingerprint density at radius 2 is 1.92 bits per heavy atom. The van der Waals surface area contributed by atoms with Gasteiger partial charge in [0.15, 0.2) is 0 Å². The van der Waals surface area contributed by atoms with Crippen LogP contribution < -0.4 is 0 Å². The van der Waals surface area contributed by atoms with E-state index in [9.17, 15) is 0 Å². The number of para-hydroxylation sites is 1. The summed E-state index contributed by atoms with van der Waals surface area (Å²) in [5, 5.41) is 8.59. The molecule has 0 spiro atoms. The van der Waals surface area contributed by atoms with Crippen molar-refractivity contribution in [3.8, 4) is 6.07 Å². The number of hydrogen-bond donors (Lipinski definition) is 1. The molecule has 0 radical (unpaired) electrons. The average Bonchev–Trinajstić information content (AvgIpc) is 2.52. The van der Waals surface area contributed by atoms with Crippen LogP contribution in [0.4, 0.5) is 0 Å². The fraction of sp³-hybridized carbons (Fsp3) is 0.100. The van der Waals surface area contributed by atoms with Gasteiger partial charge in [-0.3, -0.25) is 0 Å². The lowest BCUT2D eigenvalue weighted by Gasteiger charge is -1.83. The highest BCUT2D eigenvalue weighted by atomic mass is 14.6. The van der Waals surface area contributed by atoms with Gasteiger partial charge in [-0.25, -0.2) is 0 Å². The molecular weight excluding hydrogens is 148 g/mol. The van der Waals surface area contributed by atoms with Crippen LogP contribution >= 0.6 is 0 Å². The van der Waals surface area contributed by atoms with Crippen molar-refractivity contribution in [2.24, 2.45) is 0 Å². The Balaban J connectivity index is 0.000000213. The van der Waals surface area contributed by atoms with Gasteiger partial charge in [0.1, 0.15) is 0 Å². The maximum Gasteiger partial charge on any atom is 0.0587 e. The average molecular weight is 158 g/mol. The molecule has 1 N–H and O–H groups in total. The van der Waals surface area contributed by atoms with Gasteiger partial charge in [-0.05, 0) is 17.5 Å². The number of aromatic nitrogens is 1. The number of rotatable bonds is 0. The van der Waals surface area contributed by atoms with Crippen molar-refractivity contribution in [1.29, 1.82) is 5.26 Å². The monoisotopic (exact) mass is 158 g/mol. The molecule has 0 saturated carbocycles. The Bertz CT molecular complexity index is 352. The standard InChI is InChI=1S/C8H7N.C2H3N/c1-2-4-8-7(3-1)5-6-9-8;1-2-3/h1-6,9H;1H3. The van der Waals surface area contributed by atoms with Crippen molar-refractivity contribution in [2.75, 3.05) is 0 Å². The van der Waals surface area contributed by atoms with E-state index in [0.717, 1.165) is 0 Å². The van der Waals surface area contributed by atoms with Crippen LogP contribution in [0.1, 0.15) is 6.92 Å². The molecule has 0 atom stereocenters. The molecule has 0 fully saturated rings. The maximum atomic E-state index is 7.32. The first-order chi connectivity index (χ1) is 5.88. The summed E-state index contributed by atoms with van der Waals surface area (Å²) in [6.45, 7) is 1.43. The molecule has 2 heteroatoms. The second kappa shape index (κ2) is 4.20. The van der Waals surface area contributed by atoms with Crippen LogP contribution in [0.15, 0.2) is 36.5 Å². The van der Waals surface area contributed by atoms with Crippen molar-refractivity contribution in [3.05, 3.63) is 36.5 Å². The smallest absolute Gasteiger partial charge is 0.0587 e. The summed E-state index contributed by atoms with van der Waals surface area (Å²) >= 11 is 0. The van der Waals surface area contributed by atoms with E-state index >= 15 is 0 Å². The van der Waals surface area contributed by atoms with Crippen molar-refractivity contribution in [2.45, 2.75) is 6.92 Å². The summed E-state index contributed by atoms with van der Waals surface area (Å²) in [5.41, 5.74) is 1.21. The Labute approximate surface area is 71.5 Å².